The third kappa shape index (κ3) is 3.77. The number of thiol groups is 1. The molecule has 1 saturated carbocycles. The third-order valence-corrected chi connectivity index (χ3v) is 5.84. The van der Waals surface area contributed by atoms with E-state index < -0.39 is 0 Å². The van der Waals surface area contributed by atoms with Crippen LogP contribution in [0.15, 0.2) is 22.8 Å². The van der Waals surface area contributed by atoms with Gasteiger partial charge in [0.15, 0.2) is 0 Å². The van der Waals surface area contributed by atoms with E-state index in [0.717, 1.165) is 18.6 Å². The summed E-state index contributed by atoms with van der Waals surface area (Å²) in [5.74, 6) is 1.81. The normalized spacial score (nSPS) is 26.0. The van der Waals surface area contributed by atoms with Gasteiger partial charge in [0.25, 0.3) is 0 Å². The van der Waals surface area contributed by atoms with Gasteiger partial charge in [-0.05, 0) is 30.9 Å². The Morgan fingerprint density at radius 1 is 1.27 bits per heavy atom. The van der Waals surface area contributed by atoms with E-state index in [9.17, 15) is 4.79 Å². The summed E-state index contributed by atoms with van der Waals surface area (Å²) in [5.41, 5.74) is 0. The molecule has 0 aromatic carbocycles. The van der Waals surface area contributed by atoms with E-state index in [4.69, 9.17) is 21.8 Å². The minimum absolute atomic E-state index is 0.0516. The summed E-state index contributed by atoms with van der Waals surface area (Å²) >= 11 is 4.76. The largest absolute Gasteiger partial charge is 0.468 e. The molecule has 2 heterocycles. The van der Waals surface area contributed by atoms with Crippen LogP contribution in [0.4, 0.5) is 0 Å². The van der Waals surface area contributed by atoms with Crippen molar-refractivity contribution in [2.75, 3.05) is 13.2 Å². The van der Waals surface area contributed by atoms with E-state index in [1.165, 1.54) is 32.1 Å². The van der Waals surface area contributed by atoms with Crippen LogP contribution in [0.1, 0.15) is 56.0 Å². The Bertz CT molecular complexity index is 459. The average Bonchev–Trinajstić information content (AvgIpc) is 3.25. The number of hydrogen-bond acceptors (Lipinski definition) is 4. The van der Waals surface area contributed by atoms with Crippen molar-refractivity contribution in [1.82, 2.24) is 0 Å². The minimum Gasteiger partial charge on any atom is -0.468 e. The summed E-state index contributed by atoms with van der Waals surface area (Å²) in [4.78, 5) is 13.0. The van der Waals surface area contributed by atoms with Gasteiger partial charge in [0, 0.05) is 18.4 Å². The third-order valence-electron chi connectivity index (χ3n) is 5.23. The molecule has 0 radical (unpaired) electrons. The fourth-order valence-corrected chi connectivity index (χ4v) is 4.32. The molecule has 3 unspecified atom stereocenters. The maximum Gasteiger partial charge on any atom is 0.142 e. The van der Waals surface area contributed by atoms with E-state index in [0.29, 0.717) is 24.9 Å². The Balaban J connectivity index is 1.72. The van der Waals surface area contributed by atoms with Crippen LogP contribution >= 0.6 is 12.6 Å². The van der Waals surface area contributed by atoms with Gasteiger partial charge in [-0.15, -0.1) is 0 Å². The van der Waals surface area contributed by atoms with E-state index in [1.807, 2.05) is 12.1 Å². The van der Waals surface area contributed by atoms with Crippen LogP contribution in [-0.4, -0.2) is 19.0 Å². The Labute approximate surface area is 138 Å². The molecule has 22 heavy (non-hydrogen) atoms. The number of ether oxygens (including phenoxy) is 1. The monoisotopic (exact) mass is 322 g/mol. The van der Waals surface area contributed by atoms with Gasteiger partial charge in [0.2, 0.25) is 0 Å². The van der Waals surface area contributed by atoms with Crippen LogP contribution in [0.2, 0.25) is 0 Å². The van der Waals surface area contributed by atoms with Crippen molar-refractivity contribution in [1.29, 1.82) is 0 Å². The number of hydrogen-bond donors (Lipinski definition) is 1. The summed E-state index contributed by atoms with van der Waals surface area (Å²) in [5, 5.41) is -0.134. The van der Waals surface area contributed by atoms with Gasteiger partial charge in [0.1, 0.15) is 11.5 Å². The van der Waals surface area contributed by atoms with Crippen LogP contribution in [0.25, 0.3) is 0 Å². The molecular formula is C18H26O3S. The van der Waals surface area contributed by atoms with E-state index in [-0.39, 0.29) is 17.1 Å². The summed E-state index contributed by atoms with van der Waals surface area (Å²) in [6.45, 7) is 1.29. The maximum absolute atomic E-state index is 13.0. The zero-order chi connectivity index (χ0) is 15.4. The molecule has 1 aliphatic carbocycles. The quantitative estimate of drug-likeness (QED) is 0.787. The van der Waals surface area contributed by atoms with Crippen molar-refractivity contribution in [3.63, 3.8) is 0 Å². The van der Waals surface area contributed by atoms with E-state index >= 15 is 0 Å². The van der Waals surface area contributed by atoms with Crippen LogP contribution in [0.5, 0.6) is 0 Å². The predicted octanol–water partition coefficient (Wildman–Crippen LogP) is 4.44. The first-order valence-electron chi connectivity index (χ1n) is 8.58. The van der Waals surface area contributed by atoms with Crippen molar-refractivity contribution in [2.24, 2.45) is 17.8 Å². The predicted molar refractivity (Wildman–Crippen MR) is 89.1 cm³/mol. The molecule has 4 heteroatoms. The zero-order valence-corrected chi connectivity index (χ0v) is 14.0. The number of ketones is 1. The minimum atomic E-state index is -0.134. The molecule has 3 nitrogen and oxygen atoms in total. The molecule has 2 aliphatic rings. The van der Waals surface area contributed by atoms with Crippen molar-refractivity contribution in [2.45, 2.75) is 50.2 Å². The van der Waals surface area contributed by atoms with Crippen molar-refractivity contribution < 1.29 is 13.9 Å². The molecule has 0 bridgehead atoms. The summed E-state index contributed by atoms with van der Waals surface area (Å²) in [7, 11) is 0. The zero-order valence-electron chi connectivity index (χ0n) is 13.1. The highest BCUT2D eigenvalue weighted by atomic mass is 32.1. The Hall–Kier alpha value is -0.740. The van der Waals surface area contributed by atoms with Crippen LogP contribution in [0, 0.1) is 17.8 Å². The molecule has 0 spiro atoms. The lowest BCUT2D eigenvalue weighted by Crippen LogP contribution is -2.29. The molecule has 122 valence electrons. The standard InChI is InChI=1S/C18H26O3S/c19-17(14-8-10-20-12-14)15(11-13-5-2-1-3-6-13)18(22)16-7-4-9-21-16/h4,7,9,13-15,18,22H,1-3,5-6,8,10-12H2. The number of carbonyl (C=O) groups is 1. The fourth-order valence-electron chi connectivity index (χ4n) is 3.90. The number of carbonyl (C=O) groups excluding carboxylic acids is 1. The van der Waals surface area contributed by atoms with Gasteiger partial charge < -0.3 is 9.15 Å². The molecular weight excluding hydrogens is 296 g/mol. The molecule has 1 aromatic rings. The van der Waals surface area contributed by atoms with E-state index in [2.05, 4.69) is 0 Å². The lowest BCUT2D eigenvalue weighted by atomic mass is 9.77. The first-order valence-corrected chi connectivity index (χ1v) is 9.10. The van der Waals surface area contributed by atoms with Crippen molar-refractivity contribution >= 4 is 18.4 Å². The van der Waals surface area contributed by atoms with Gasteiger partial charge in [-0.2, -0.15) is 12.6 Å². The Morgan fingerprint density at radius 3 is 2.73 bits per heavy atom. The second kappa shape index (κ2) is 7.69. The van der Waals surface area contributed by atoms with Gasteiger partial charge in [-0.25, -0.2) is 0 Å². The Kier molecular flexibility index (Phi) is 5.64. The molecule has 1 saturated heterocycles. The van der Waals surface area contributed by atoms with E-state index in [1.54, 1.807) is 6.26 Å². The number of furan rings is 1. The summed E-state index contributed by atoms with van der Waals surface area (Å²) < 4.78 is 10.9. The van der Waals surface area contributed by atoms with Gasteiger partial charge >= 0.3 is 0 Å². The first-order chi connectivity index (χ1) is 10.8. The second-order valence-electron chi connectivity index (χ2n) is 6.77. The molecule has 1 aromatic heterocycles. The highest BCUT2D eigenvalue weighted by Crippen LogP contribution is 2.39. The SMILES string of the molecule is O=C(C1CCOC1)C(CC1CCCCC1)C(S)c1ccco1. The van der Waals surface area contributed by atoms with Crippen molar-refractivity contribution in [3.05, 3.63) is 24.2 Å². The van der Waals surface area contributed by atoms with Crippen molar-refractivity contribution in [3.8, 4) is 0 Å². The fraction of sp³-hybridized carbons (Fsp3) is 0.722. The second-order valence-corrected chi connectivity index (χ2v) is 7.33. The molecule has 3 atom stereocenters. The highest BCUT2D eigenvalue weighted by Gasteiger charge is 2.36. The van der Waals surface area contributed by atoms with Gasteiger partial charge in [-0.3, -0.25) is 4.79 Å². The lowest BCUT2D eigenvalue weighted by molar-refractivity contribution is -0.127. The summed E-state index contributed by atoms with van der Waals surface area (Å²) in [6.07, 6.45) is 9.93. The molecule has 0 N–H and O–H groups in total. The van der Waals surface area contributed by atoms with Gasteiger partial charge in [-0.1, -0.05) is 32.1 Å². The molecule has 1 aliphatic heterocycles. The lowest BCUT2D eigenvalue weighted by Gasteiger charge is -2.29. The summed E-state index contributed by atoms with van der Waals surface area (Å²) in [6, 6.07) is 3.81. The highest BCUT2D eigenvalue weighted by molar-refractivity contribution is 7.80. The Morgan fingerprint density at radius 2 is 2.09 bits per heavy atom. The first kappa shape index (κ1) is 16.1. The molecule has 2 fully saturated rings. The van der Waals surface area contributed by atoms with Crippen LogP contribution in [-0.2, 0) is 9.53 Å². The average molecular weight is 322 g/mol. The number of Topliss-reactive ketones (excluding diaryl/α,β-unsaturated/α-hetero) is 1. The van der Waals surface area contributed by atoms with Crippen LogP contribution in [0.3, 0.4) is 0 Å². The maximum atomic E-state index is 13.0. The topological polar surface area (TPSA) is 39.4 Å². The molecule has 0 amide bonds. The van der Waals surface area contributed by atoms with Crippen LogP contribution < -0.4 is 0 Å². The molecule has 3 rings (SSSR count). The van der Waals surface area contributed by atoms with Gasteiger partial charge in [0.05, 0.1) is 18.1 Å². The number of rotatable bonds is 6. The smallest absolute Gasteiger partial charge is 0.142 e.